The lowest BCUT2D eigenvalue weighted by Crippen LogP contribution is -2.59. The smallest absolute Gasteiger partial charge is 0.191 e. The molecule has 1 saturated carbocycles. The number of nitrogens with zero attached hydrogens (tertiary/aromatic N) is 1. The highest BCUT2D eigenvalue weighted by molar-refractivity contribution is 5.87. The molecular formula is C27H25NO. The van der Waals surface area contributed by atoms with Crippen LogP contribution in [0.1, 0.15) is 42.7 Å². The van der Waals surface area contributed by atoms with E-state index in [1.54, 1.807) is 0 Å². The molecule has 0 amide bonds. The molecule has 0 aromatic heterocycles. The van der Waals surface area contributed by atoms with Crippen LogP contribution in [0.2, 0.25) is 0 Å². The minimum absolute atomic E-state index is 0.289. The van der Waals surface area contributed by atoms with Crippen molar-refractivity contribution in [1.29, 1.82) is 0 Å². The van der Waals surface area contributed by atoms with Crippen LogP contribution in [0.4, 0.5) is 5.69 Å². The molecule has 3 atom stereocenters. The minimum Gasteiger partial charge on any atom is -0.465 e. The first-order chi connectivity index (χ1) is 14.4. The number of hydrogen-bond donors (Lipinski definition) is 0. The summed E-state index contributed by atoms with van der Waals surface area (Å²) < 4.78 is 6.89. The number of fused-ring (bicyclic) bond motifs is 2. The van der Waals surface area contributed by atoms with Gasteiger partial charge in [-0.05, 0) is 36.1 Å². The Morgan fingerprint density at radius 2 is 1.52 bits per heavy atom. The van der Waals surface area contributed by atoms with Gasteiger partial charge in [0.25, 0.3) is 0 Å². The molecule has 0 unspecified atom stereocenters. The monoisotopic (exact) mass is 379 g/mol. The van der Waals surface area contributed by atoms with E-state index in [1.165, 1.54) is 41.8 Å². The van der Waals surface area contributed by atoms with Crippen LogP contribution in [-0.2, 0) is 0 Å². The average Bonchev–Trinajstić information content (AvgIpc) is 3.13. The Hall–Kier alpha value is -3.00. The number of rotatable bonds is 2. The van der Waals surface area contributed by atoms with Crippen molar-refractivity contribution in [2.75, 3.05) is 4.90 Å². The van der Waals surface area contributed by atoms with E-state index < -0.39 is 0 Å². The SMILES string of the molecule is C1=C(c2ccccc2)N2c3ccccc3O[C@]23CCCC[C@H]3[C@H]1c1ccccc1. The number of benzene rings is 3. The maximum Gasteiger partial charge on any atom is 0.191 e. The Morgan fingerprint density at radius 1 is 0.793 bits per heavy atom. The molecule has 1 spiro atoms. The van der Waals surface area contributed by atoms with Gasteiger partial charge in [-0.1, -0.05) is 85.3 Å². The fraction of sp³-hybridized carbons (Fsp3) is 0.259. The van der Waals surface area contributed by atoms with Crippen LogP contribution in [0, 0.1) is 5.92 Å². The van der Waals surface area contributed by atoms with Crippen molar-refractivity contribution in [2.45, 2.75) is 37.3 Å². The standard InChI is InChI=1S/C27H25NO/c1-3-11-20(12-4-1)22-19-25(21-13-5-2-6-14-21)28-24-16-7-8-17-26(24)29-27(28)18-10-9-15-23(22)27/h1-8,11-14,16-17,19,22-23H,9-10,15,18H2/t22-,23+,27+/m1/s1. The second-order valence-electron chi connectivity index (χ2n) is 8.46. The van der Waals surface area contributed by atoms with Crippen LogP contribution in [0.5, 0.6) is 5.75 Å². The Balaban J connectivity index is 1.61. The Bertz CT molecular complexity index is 1060. The quantitative estimate of drug-likeness (QED) is 0.497. The molecule has 0 radical (unpaired) electrons. The molecule has 0 N–H and O–H groups in total. The van der Waals surface area contributed by atoms with Gasteiger partial charge in [-0.2, -0.15) is 0 Å². The third-order valence-electron chi connectivity index (χ3n) is 6.92. The first-order valence-electron chi connectivity index (χ1n) is 10.8. The molecule has 3 aliphatic rings. The average molecular weight is 380 g/mol. The van der Waals surface area contributed by atoms with Gasteiger partial charge >= 0.3 is 0 Å². The molecule has 2 heteroatoms. The van der Waals surface area contributed by atoms with E-state index in [-0.39, 0.29) is 5.72 Å². The van der Waals surface area contributed by atoms with Crippen LogP contribution >= 0.6 is 0 Å². The molecule has 29 heavy (non-hydrogen) atoms. The van der Waals surface area contributed by atoms with Crippen molar-refractivity contribution in [2.24, 2.45) is 5.92 Å². The summed E-state index contributed by atoms with van der Waals surface area (Å²) in [7, 11) is 0. The molecule has 3 aromatic rings. The summed E-state index contributed by atoms with van der Waals surface area (Å²) in [5, 5.41) is 0. The molecule has 0 saturated heterocycles. The Kier molecular flexibility index (Phi) is 3.80. The van der Waals surface area contributed by atoms with Crippen LogP contribution in [0.3, 0.4) is 0 Å². The maximum absolute atomic E-state index is 6.89. The van der Waals surface area contributed by atoms with Gasteiger partial charge in [0.2, 0.25) is 0 Å². The molecule has 1 fully saturated rings. The highest BCUT2D eigenvalue weighted by Crippen LogP contribution is 2.59. The summed E-state index contributed by atoms with van der Waals surface area (Å²) in [5.41, 5.74) is 4.86. The summed E-state index contributed by atoms with van der Waals surface area (Å²) in [6, 6.07) is 30.4. The molecule has 2 nitrogen and oxygen atoms in total. The van der Waals surface area contributed by atoms with Crippen LogP contribution < -0.4 is 9.64 Å². The van der Waals surface area contributed by atoms with E-state index >= 15 is 0 Å². The van der Waals surface area contributed by atoms with E-state index in [0.717, 1.165) is 12.2 Å². The fourth-order valence-electron chi connectivity index (χ4n) is 5.72. The molecule has 1 aliphatic carbocycles. The molecule has 0 bridgehead atoms. The normalized spacial score (nSPS) is 27.3. The zero-order valence-corrected chi connectivity index (χ0v) is 16.5. The highest BCUT2D eigenvalue weighted by Gasteiger charge is 2.58. The van der Waals surface area contributed by atoms with Crippen molar-refractivity contribution in [3.05, 3.63) is 102 Å². The first-order valence-corrected chi connectivity index (χ1v) is 10.8. The van der Waals surface area contributed by atoms with E-state index in [1.807, 2.05) is 0 Å². The van der Waals surface area contributed by atoms with Crippen LogP contribution in [-0.4, -0.2) is 5.72 Å². The van der Waals surface area contributed by atoms with Crippen molar-refractivity contribution < 1.29 is 4.74 Å². The van der Waals surface area contributed by atoms with Gasteiger partial charge in [0.1, 0.15) is 5.75 Å². The van der Waals surface area contributed by atoms with Gasteiger partial charge < -0.3 is 4.74 Å². The zero-order valence-electron chi connectivity index (χ0n) is 16.5. The molecular weight excluding hydrogens is 354 g/mol. The van der Waals surface area contributed by atoms with Crippen molar-refractivity contribution in [3.8, 4) is 5.75 Å². The van der Waals surface area contributed by atoms with Gasteiger partial charge in [-0.3, -0.25) is 4.90 Å². The lowest BCUT2D eigenvalue weighted by Gasteiger charge is -2.52. The zero-order chi connectivity index (χ0) is 19.3. The number of para-hydroxylation sites is 2. The van der Waals surface area contributed by atoms with Crippen LogP contribution in [0.15, 0.2) is 91.0 Å². The molecule has 6 rings (SSSR count). The summed E-state index contributed by atoms with van der Waals surface area (Å²) in [6.45, 7) is 0. The first kappa shape index (κ1) is 16.9. The maximum atomic E-state index is 6.89. The predicted octanol–water partition coefficient (Wildman–Crippen LogP) is 6.61. The number of anilines is 1. The summed E-state index contributed by atoms with van der Waals surface area (Å²) in [6.07, 6.45) is 7.26. The lowest BCUT2D eigenvalue weighted by molar-refractivity contribution is -0.0119. The molecule has 2 heterocycles. The summed E-state index contributed by atoms with van der Waals surface area (Å²) in [5.74, 6) is 1.82. The highest BCUT2D eigenvalue weighted by atomic mass is 16.5. The molecule has 144 valence electrons. The van der Waals surface area contributed by atoms with Crippen molar-refractivity contribution in [3.63, 3.8) is 0 Å². The summed E-state index contributed by atoms with van der Waals surface area (Å²) >= 11 is 0. The van der Waals surface area contributed by atoms with Gasteiger partial charge in [0.15, 0.2) is 5.72 Å². The van der Waals surface area contributed by atoms with Crippen molar-refractivity contribution in [1.82, 2.24) is 0 Å². The third kappa shape index (κ3) is 2.48. The van der Waals surface area contributed by atoms with Gasteiger partial charge in [0, 0.05) is 24.0 Å². The van der Waals surface area contributed by atoms with Crippen molar-refractivity contribution >= 4 is 11.4 Å². The number of hydrogen-bond acceptors (Lipinski definition) is 2. The van der Waals surface area contributed by atoms with E-state index in [9.17, 15) is 0 Å². The molecule has 3 aromatic carbocycles. The van der Waals surface area contributed by atoms with E-state index in [0.29, 0.717) is 11.8 Å². The Morgan fingerprint density at radius 3 is 2.34 bits per heavy atom. The largest absolute Gasteiger partial charge is 0.465 e. The van der Waals surface area contributed by atoms with Gasteiger partial charge in [0.05, 0.1) is 5.69 Å². The predicted molar refractivity (Wildman–Crippen MR) is 118 cm³/mol. The van der Waals surface area contributed by atoms with E-state index in [4.69, 9.17) is 4.74 Å². The lowest BCUT2D eigenvalue weighted by atomic mass is 9.68. The minimum atomic E-state index is -0.289. The second-order valence-corrected chi connectivity index (χ2v) is 8.46. The number of ether oxygens (including phenoxy) is 1. The topological polar surface area (TPSA) is 12.5 Å². The van der Waals surface area contributed by atoms with Crippen LogP contribution in [0.25, 0.3) is 5.70 Å². The van der Waals surface area contributed by atoms with Gasteiger partial charge in [-0.15, -0.1) is 0 Å². The number of allylic oxidation sites excluding steroid dienone is 1. The second kappa shape index (κ2) is 6.52. The molecule has 2 aliphatic heterocycles. The van der Waals surface area contributed by atoms with E-state index in [2.05, 4.69) is 95.9 Å². The summed E-state index contributed by atoms with van der Waals surface area (Å²) in [4.78, 5) is 2.53. The third-order valence-corrected chi connectivity index (χ3v) is 6.92. The Labute approximate surface area is 172 Å². The van der Waals surface area contributed by atoms with Gasteiger partial charge in [-0.25, -0.2) is 0 Å². The fourth-order valence-corrected chi connectivity index (χ4v) is 5.72.